The summed E-state index contributed by atoms with van der Waals surface area (Å²) in [5.41, 5.74) is 1.95. The van der Waals surface area contributed by atoms with Crippen LogP contribution in [-0.4, -0.2) is 30.2 Å². The molecule has 3 rings (SSSR count). The van der Waals surface area contributed by atoms with E-state index >= 15 is 0 Å². The van der Waals surface area contributed by atoms with Crippen LogP contribution < -0.4 is 5.32 Å². The predicted molar refractivity (Wildman–Crippen MR) is 103 cm³/mol. The van der Waals surface area contributed by atoms with Gasteiger partial charge < -0.3 is 9.88 Å². The van der Waals surface area contributed by atoms with Gasteiger partial charge in [-0.3, -0.25) is 19.6 Å². The number of nitrogens with zero attached hydrogens (tertiary/aromatic N) is 5. The highest BCUT2D eigenvalue weighted by Gasteiger charge is 2.29. The molecule has 0 fully saturated rings. The topological polar surface area (TPSA) is 108 Å². The molecule has 0 radical (unpaired) electrons. The molecule has 0 aliphatic rings. The van der Waals surface area contributed by atoms with E-state index in [1.54, 1.807) is 13.1 Å². The maximum Gasteiger partial charge on any atom is 0.322 e. The molecule has 2 aromatic heterocycles. The van der Waals surface area contributed by atoms with Gasteiger partial charge in [0.25, 0.3) is 5.91 Å². The Morgan fingerprint density at radius 1 is 1.29 bits per heavy atom. The third-order valence-electron chi connectivity index (χ3n) is 4.51. The Bertz CT molecular complexity index is 1020. The van der Waals surface area contributed by atoms with Crippen LogP contribution in [0.1, 0.15) is 40.1 Å². The summed E-state index contributed by atoms with van der Waals surface area (Å²) in [7, 11) is 0. The van der Waals surface area contributed by atoms with Crippen LogP contribution in [0.2, 0.25) is 0 Å². The second kappa shape index (κ2) is 8.03. The summed E-state index contributed by atoms with van der Waals surface area (Å²) in [6.45, 7) is 6.58. The van der Waals surface area contributed by atoms with Gasteiger partial charge in [-0.05, 0) is 31.9 Å². The minimum atomic E-state index is -0.558. The van der Waals surface area contributed by atoms with Crippen molar-refractivity contribution in [3.05, 3.63) is 75.1 Å². The minimum Gasteiger partial charge on any atom is -0.346 e. The molecule has 0 saturated carbocycles. The Labute approximate surface area is 162 Å². The lowest BCUT2D eigenvalue weighted by Gasteiger charge is -2.09. The zero-order chi connectivity index (χ0) is 20.3. The Morgan fingerprint density at radius 2 is 2.04 bits per heavy atom. The minimum absolute atomic E-state index is 0.0183. The van der Waals surface area contributed by atoms with Crippen LogP contribution in [0.3, 0.4) is 0 Å². The molecule has 0 spiro atoms. The number of aromatic nitrogens is 4. The highest BCUT2D eigenvalue weighted by Crippen LogP contribution is 2.23. The lowest BCUT2D eigenvalue weighted by atomic mass is 10.1. The fraction of sp³-hybridized carbons (Fsp3) is 0.316. The normalized spacial score (nSPS) is 10.8. The first-order valence-corrected chi connectivity index (χ1v) is 8.96. The maximum absolute atomic E-state index is 12.6. The lowest BCUT2D eigenvalue weighted by molar-refractivity contribution is -0.385. The Hall–Kier alpha value is -3.49. The third kappa shape index (κ3) is 3.93. The predicted octanol–water partition coefficient (Wildman–Crippen LogP) is 2.60. The molecule has 0 unspecified atom stereocenters. The second-order valence-electron chi connectivity index (χ2n) is 6.46. The summed E-state index contributed by atoms with van der Waals surface area (Å²) in [6.07, 6.45) is 3.67. The number of nitro groups is 1. The first kappa shape index (κ1) is 19.3. The summed E-state index contributed by atoms with van der Waals surface area (Å²) < 4.78 is 3.39. The fourth-order valence-corrected chi connectivity index (χ4v) is 3.12. The van der Waals surface area contributed by atoms with Crippen LogP contribution >= 0.6 is 0 Å². The van der Waals surface area contributed by atoms with E-state index in [0.717, 1.165) is 17.0 Å². The van der Waals surface area contributed by atoms with Gasteiger partial charge in [0.15, 0.2) is 0 Å². The van der Waals surface area contributed by atoms with E-state index < -0.39 is 10.8 Å². The molecule has 0 aliphatic heterocycles. The van der Waals surface area contributed by atoms with Gasteiger partial charge in [0.05, 0.1) is 4.92 Å². The summed E-state index contributed by atoms with van der Waals surface area (Å²) >= 11 is 0. The molecule has 28 heavy (non-hydrogen) atoms. The average Bonchev–Trinajstić information content (AvgIpc) is 3.22. The third-order valence-corrected chi connectivity index (χ3v) is 4.51. The van der Waals surface area contributed by atoms with E-state index in [4.69, 9.17) is 0 Å². The second-order valence-corrected chi connectivity index (χ2v) is 6.46. The van der Waals surface area contributed by atoms with Crippen molar-refractivity contribution in [2.75, 3.05) is 0 Å². The molecule has 146 valence electrons. The molecule has 0 saturated heterocycles. The van der Waals surface area contributed by atoms with E-state index in [9.17, 15) is 14.9 Å². The molecule has 1 amide bonds. The van der Waals surface area contributed by atoms with Crippen molar-refractivity contribution < 1.29 is 9.72 Å². The van der Waals surface area contributed by atoms with Gasteiger partial charge in [-0.2, -0.15) is 5.10 Å². The van der Waals surface area contributed by atoms with Gasteiger partial charge in [0, 0.05) is 32.0 Å². The Balaban J connectivity index is 1.74. The van der Waals surface area contributed by atoms with Crippen molar-refractivity contribution in [3.8, 4) is 0 Å². The largest absolute Gasteiger partial charge is 0.346 e. The maximum atomic E-state index is 12.6. The standard InChI is InChI=1S/C19H22N6O3/c1-4-24-18(17(25(27)28)13(2)22-24)19(26)21-11-15-6-5-7-16(10-15)12-23-9-8-20-14(23)3/h5-10H,4,11-12H2,1-3H3,(H,21,26). The van der Waals surface area contributed by atoms with Gasteiger partial charge in [0.1, 0.15) is 11.5 Å². The quantitative estimate of drug-likeness (QED) is 0.499. The number of imidazole rings is 1. The lowest BCUT2D eigenvalue weighted by Crippen LogP contribution is -2.26. The summed E-state index contributed by atoms with van der Waals surface area (Å²) in [6, 6.07) is 7.83. The highest BCUT2D eigenvalue weighted by molar-refractivity contribution is 5.96. The number of nitrogens with one attached hydrogen (secondary N) is 1. The monoisotopic (exact) mass is 382 g/mol. The number of hydrogen-bond donors (Lipinski definition) is 1. The van der Waals surface area contributed by atoms with E-state index in [1.165, 1.54) is 11.6 Å². The average molecular weight is 382 g/mol. The molecule has 1 aromatic carbocycles. The highest BCUT2D eigenvalue weighted by atomic mass is 16.6. The van der Waals surface area contributed by atoms with E-state index in [-0.39, 0.29) is 23.6 Å². The van der Waals surface area contributed by atoms with Crippen LogP contribution in [0.15, 0.2) is 36.7 Å². The van der Waals surface area contributed by atoms with Gasteiger partial charge in [-0.1, -0.05) is 24.3 Å². The number of hydrogen-bond acceptors (Lipinski definition) is 5. The van der Waals surface area contributed by atoms with Crippen molar-refractivity contribution in [2.45, 2.75) is 40.4 Å². The van der Waals surface area contributed by atoms with Gasteiger partial charge in [-0.15, -0.1) is 0 Å². The van der Waals surface area contributed by atoms with Crippen LogP contribution in [0.25, 0.3) is 0 Å². The van der Waals surface area contributed by atoms with Crippen molar-refractivity contribution in [1.82, 2.24) is 24.6 Å². The number of benzene rings is 1. The number of aryl methyl sites for hydroxylation is 3. The van der Waals surface area contributed by atoms with Crippen molar-refractivity contribution in [2.24, 2.45) is 0 Å². The molecule has 2 heterocycles. The molecule has 3 aromatic rings. The van der Waals surface area contributed by atoms with E-state index in [1.807, 2.05) is 42.0 Å². The molecule has 9 nitrogen and oxygen atoms in total. The Morgan fingerprint density at radius 3 is 2.68 bits per heavy atom. The SMILES string of the molecule is CCn1nc(C)c([N+](=O)[O-])c1C(=O)NCc1cccc(Cn2ccnc2C)c1. The summed E-state index contributed by atoms with van der Waals surface area (Å²) in [4.78, 5) is 27.6. The number of amides is 1. The van der Waals surface area contributed by atoms with Gasteiger partial charge >= 0.3 is 5.69 Å². The summed E-state index contributed by atoms with van der Waals surface area (Å²) in [5.74, 6) is 0.416. The van der Waals surface area contributed by atoms with Crippen molar-refractivity contribution in [1.29, 1.82) is 0 Å². The number of carbonyl (C=O) groups excluding carboxylic acids is 1. The number of rotatable bonds is 7. The smallest absolute Gasteiger partial charge is 0.322 e. The fourth-order valence-electron chi connectivity index (χ4n) is 3.12. The van der Waals surface area contributed by atoms with Crippen LogP contribution in [0.5, 0.6) is 0 Å². The van der Waals surface area contributed by atoms with Gasteiger partial charge in [0.2, 0.25) is 5.69 Å². The van der Waals surface area contributed by atoms with Crippen LogP contribution in [-0.2, 0) is 19.6 Å². The van der Waals surface area contributed by atoms with Gasteiger partial charge in [-0.25, -0.2) is 4.98 Å². The zero-order valence-electron chi connectivity index (χ0n) is 16.0. The molecule has 0 atom stereocenters. The molecule has 1 N–H and O–H groups in total. The van der Waals surface area contributed by atoms with E-state index in [0.29, 0.717) is 13.1 Å². The first-order valence-electron chi connectivity index (χ1n) is 8.96. The van der Waals surface area contributed by atoms with Crippen LogP contribution in [0.4, 0.5) is 5.69 Å². The van der Waals surface area contributed by atoms with E-state index in [2.05, 4.69) is 15.4 Å². The zero-order valence-corrected chi connectivity index (χ0v) is 16.0. The molecule has 0 aliphatic carbocycles. The molecular weight excluding hydrogens is 360 g/mol. The van der Waals surface area contributed by atoms with Crippen molar-refractivity contribution >= 4 is 11.6 Å². The summed E-state index contributed by atoms with van der Waals surface area (Å²) in [5, 5.41) is 18.2. The van der Waals surface area contributed by atoms with Crippen LogP contribution in [0, 0.1) is 24.0 Å². The molecular formula is C19H22N6O3. The molecule has 0 bridgehead atoms. The molecule has 9 heteroatoms. The van der Waals surface area contributed by atoms with Crippen molar-refractivity contribution in [3.63, 3.8) is 0 Å². The number of carbonyl (C=O) groups is 1. The first-order chi connectivity index (χ1) is 13.4. The Kier molecular flexibility index (Phi) is 5.53.